The Morgan fingerprint density at radius 1 is 1.61 bits per heavy atom. The summed E-state index contributed by atoms with van der Waals surface area (Å²) in [6.07, 6.45) is 0.481. The first-order valence-corrected chi connectivity index (χ1v) is 6.96. The summed E-state index contributed by atoms with van der Waals surface area (Å²) in [6, 6.07) is 0.880. The predicted molar refractivity (Wildman–Crippen MR) is 75.2 cm³/mol. The van der Waals surface area contributed by atoms with E-state index in [0.29, 0.717) is 6.42 Å². The van der Waals surface area contributed by atoms with Gasteiger partial charge in [0.25, 0.3) is 11.6 Å². The molecule has 0 saturated carbocycles. The summed E-state index contributed by atoms with van der Waals surface area (Å²) in [7, 11) is 1.45. The van der Waals surface area contributed by atoms with Gasteiger partial charge in [-0.3, -0.25) is 14.9 Å². The van der Waals surface area contributed by atoms with Crippen molar-refractivity contribution in [2.75, 3.05) is 20.2 Å². The van der Waals surface area contributed by atoms with Crippen LogP contribution >= 0.6 is 0 Å². The predicted octanol–water partition coefficient (Wildman–Crippen LogP) is 0.321. The van der Waals surface area contributed by atoms with Crippen molar-refractivity contribution < 1.29 is 24.0 Å². The third-order valence-electron chi connectivity index (χ3n) is 3.81. The fourth-order valence-corrected chi connectivity index (χ4v) is 2.72. The molecule has 0 aliphatic carbocycles. The summed E-state index contributed by atoms with van der Waals surface area (Å²) < 4.78 is 10.7. The Morgan fingerprint density at radius 2 is 2.39 bits per heavy atom. The summed E-state index contributed by atoms with van der Waals surface area (Å²) in [5.74, 6) is -0.333. The lowest BCUT2D eigenvalue weighted by Gasteiger charge is -2.19. The molecule has 3 heterocycles. The van der Waals surface area contributed by atoms with Crippen LogP contribution in [0.5, 0.6) is 5.88 Å². The minimum Gasteiger partial charge on any atom is -0.475 e. The first kappa shape index (κ1) is 15.0. The number of amides is 2. The maximum Gasteiger partial charge on any atom is 0.407 e. The molecule has 2 aliphatic rings. The molecule has 0 aromatic carbocycles. The maximum absolute atomic E-state index is 12.6. The standard InChI is InChI=1S/C13H14N4O6/c1-14-13(19)23-9-2-8-6-22-11-10(12(18)16(8)5-9)3-7(4-15-11)17(20)21/h3-4,8-9H,2,5-6H2,1H3,(H,14,19)/t8-,9+/m1/s1. The zero-order chi connectivity index (χ0) is 16.6. The molecule has 1 aromatic heterocycles. The number of nitrogens with one attached hydrogen (secondary N) is 1. The van der Waals surface area contributed by atoms with Gasteiger partial charge >= 0.3 is 6.09 Å². The van der Waals surface area contributed by atoms with Crippen molar-refractivity contribution in [1.29, 1.82) is 0 Å². The Kier molecular flexibility index (Phi) is 3.72. The molecule has 122 valence electrons. The van der Waals surface area contributed by atoms with Crippen LogP contribution in [0.2, 0.25) is 0 Å². The Morgan fingerprint density at radius 3 is 3.09 bits per heavy atom. The van der Waals surface area contributed by atoms with Crippen LogP contribution in [0.1, 0.15) is 16.8 Å². The normalized spacial score (nSPS) is 22.5. The van der Waals surface area contributed by atoms with E-state index < -0.39 is 23.0 Å². The lowest BCUT2D eigenvalue weighted by atomic mass is 10.2. The van der Waals surface area contributed by atoms with E-state index in [2.05, 4.69) is 10.3 Å². The van der Waals surface area contributed by atoms with Crippen molar-refractivity contribution in [3.8, 4) is 5.88 Å². The minimum absolute atomic E-state index is 0.0438. The molecule has 0 unspecified atom stereocenters. The highest BCUT2D eigenvalue weighted by atomic mass is 16.6. The summed E-state index contributed by atoms with van der Waals surface area (Å²) >= 11 is 0. The highest BCUT2D eigenvalue weighted by molar-refractivity contribution is 5.97. The number of fused-ring (bicyclic) bond motifs is 2. The number of pyridine rings is 1. The SMILES string of the molecule is CNC(=O)O[C@H]1C[C@@H]2COc3ncc([N+](=O)[O-])cc3C(=O)N2C1. The zero-order valence-corrected chi connectivity index (χ0v) is 12.2. The highest BCUT2D eigenvalue weighted by Gasteiger charge is 2.41. The molecule has 2 aliphatic heterocycles. The topological polar surface area (TPSA) is 124 Å². The number of nitro groups is 1. The third kappa shape index (κ3) is 2.74. The van der Waals surface area contributed by atoms with Gasteiger partial charge in [0.15, 0.2) is 0 Å². The largest absolute Gasteiger partial charge is 0.475 e. The van der Waals surface area contributed by atoms with Crippen LogP contribution in [0.3, 0.4) is 0 Å². The van der Waals surface area contributed by atoms with Crippen molar-refractivity contribution in [3.63, 3.8) is 0 Å². The van der Waals surface area contributed by atoms with E-state index in [0.717, 1.165) is 12.3 Å². The fraction of sp³-hybridized carbons (Fsp3) is 0.462. The number of rotatable bonds is 2. The van der Waals surface area contributed by atoms with Crippen molar-refractivity contribution in [2.24, 2.45) is 0 Å². The summed E-state index contributed by atoms with van der Waals surface area (Å²) in [4.78, 5) is 39.5. The first-order valence-electron chi connectivity index (χ1n) is 6.96. The van der Waals surface area contributed by atoms with Gasteiger partial charge in [0.1, 0.15) is 24.5 Å². The quantitative estimate of drug-likeness (QED) is 0.614. The Bertz CT molecular complexity index is 678. The summed E-state index contributed by atoms with van der Waals surface area (Å²) in [5, 5.41) is 13.2. The summed E-state index contributed by atoms with van der Waals surface area (Å²) in [5.41, 5.74) is -0.237. The first-order chi connectivity index (χ1) is 11.0. The van der Waals surface area contributed by atoms with Crippen LogP contribution in [0.4, 0.5) is 10.5 Å². The van der Waals surface area contributed by atoms with Crippen molar-refractivity contribution in [1.82, 2.24) is 15.2 Å². The van der Waals surface area contributed by atoms with Crippen LogP contribution in [0.15, 0.2) is 12.3 Å². The van der Waals surface area contributed by atoms with Crippen molar-refractivity contribution in [2.45, 2.75) is 18.6 Å². The molecular formula is C13H14N4O6. The molecule has 23 heavy (non-hydrogen) atoms. The minimum atomic E-state index is -0.621. The molecular weight excluding hydrogens is 308 g/mol. The van der Waals surface area contributed by atoms with E-state index in [1.165, 1.54) is 11.9 Å². The zero-order valence-electron chi connectivity index (χ0n) is 12.2. The highest BCUT2D eigenvalue weighted by Crippen LogP contribution is 2.31. The van der Waals surface area contributed by atoms with Gasteiger partial charge in [-0.05, 0) is 0 Å². The second-order valence-electron chi connectivity index (χ2n) is 5.24. The van der Waals surface area contributed by atoms with Gasteiger partial charge in [-0.1, -0.05) is 0 Å². The summed E-state index contributed by atoms with van der Waals surface area (Å²) in [6.45, 7) is 0.402. The molecule has 3 rings (SSSR count). The van der Waals surface area contributed by atoms with E-state index in [9.17, 15) is 19.7 Å². The number of ether oxygens (including phenoxy) is 2. The van der Waals surface area contributed by atoms with E-state index in [-0.39, 0.29) is 36.3 Å². The lowest BCUT2D eigenvalue weighted by molar-refractivity contribution is -0.385. The number of carbonyl (C=O) groups is 2. The van der Waals surface area contributed by atoms with Gasteiger partial charge in [-0.2, -0.15) is 0 Å². The molecule has 2 atom stereocenters. The Labute approximate surface area is 130 Å². The number of carbonyl (C=O) groups excluding carboxylic acids is 2. The van der Waals surface area contributed by atoms with E-state index in [4.69, 9.17) is 9.47 Å². The molecule has 1 aromatic rings. The van der Waals surface area contributed by atoms with E-state index in [1.807, 2.05) is 0 Å². The van der Waals surface area contributed by atoms with Crippen LogP contribution < -0.4 is 10.1 Å². The number of alkyl carbamates (subject to hydrolysis) is 1. The Balaban J connectivity index is 1.84. The third-order valence-corrected chi connectivity index (χ3v) is 3.81. The van der Waals surface area contributed by atoms with E-state index in [1.54, 1.807) is 0 Å². The molecule has 10 nitrogen and oxygen atoms in total. The second kappa shape index (κ2) is 5.71. The Hall–Kier alpha value is -2.91. The van der Waals surface area contributed by atoms with Crippen LogP contribution in [0.25, 0.3) is 0 Å². The fourth-order valence-electron chi connectivity index (χ4n) is 2.72. The maximum atomic E-state index is 12.6. The van der Waals surface area contributed by atoms with E-state index >= 15 is 0 Å². The molecule has 0 spiro atoms. The molecule has 0 bridgehead atoms. The second-order valence-corrected chi connectivity index (χ2v) is 5.24. The van der Waals surface area contributed by atoms with Gasteiger partial charge in [0.2, 0.25) is 5.88 Å². The molecule has 0 radical (unpaired) electrons. The molecule has 1 saturated heterocycles. The molecule has 1 N–H and O–H groups in total. The molecule has 1 fully saturated rings. The van der Waals surface area contributed by atoms with Gasteiger partial charge in [0, 0.05) is 19.5 Å². The number of aromatic nitrogens is 1. The molecule has 10 heteroatoms. The number of hydrogen-bond donors (Lipinski definition) is 1. The number of hydrogen-bond acceptors (Lipinski definition) is 7. The average Bonchev–Trinajstić information content (AvgIpc) is 2.89. The van der Waals surface area contributed by atoms with Gasteiger partial charge in [-0.25, -0.2) is 9.78 Å². The van der Waals surface area contributed by atoms with Crippen LogP contribution in [-0.4, -0.2) is 59.2 Å². The van der Waals surface area contributed by atoms with Gasteiger partial charge in [-0.15, -0.1) is 0 Å². The number of nitrogens with zero attached hydrogens (tertiary/aromatic N) is 3. The van der Waals surface area contributed by atoms with Crippen molar-refractivity contribution >= 4 is 17.7 Å². The van der Waals surface area contributed by atoms with Gasteiger partial charge < -0.3 is 19.7 Å². The lowest BCUT2D eigenvalue weighted by Crippen LogP contribution is -2.37. The van der Waals surface area contributed by atoms with Gasteiger partial charge in [0.05, 0.1) is 17.5 Å². The average molecular weight is 322 g/mol. The van der Waals surface area contributed by atoms with Crippen LogP contribution in [-0.2, 0) is 4.74 Å². The smallest absolute Gasteiger partial charge is 0.407 e. The van der Waals surface area contributed by atoms with Crippen LogP contribution in [0, 0.1) is 10.1 Å². The monoisotopic (exact) mass is 322 g/mol. The van der Waals surface area contributed by atoms with Crippen molar-refractivity contribution in [3.05, 3.63) is 27.9 Å². The molecule has 2 amide bonds.